The molecular weight excluding hydrogens is 345 g/mol. The second-order valence-corrected chi connectivity index (χ2v) is 6.94. The van der Waals surface area contributed by atoms with E-state index in [-0.39, 0.29) is 5.91 Å². The first-order valence-electron chi connectivity index (χ1n) is 8.01. The van der Waals surface area contributed by atoms with Crippen molar-refractivity contribution in [3.8, 4) is 0 Å². The molecule has 0 spiro atoms. The van der Waals surface area contributed by atoms with Gasteiger partial charge in [0.25, 0.3) is 5.91 Å². The third kappa shape index (κ3) is 3.82. The molecule has 0 unspecified atom stereocenters. The van der Waals surface area contributed by atoms with Crippen molar-refractivity contribution in [1.82, 2.24) is 9.88 Å². The molecule has 1 aliphatic rings. The summed E-state index contributed by atoms with van der Waals surface area (Å²) in [5, 5.41) is 4.11. The summed E-state index contributed by atoms with van der Waals surface area (Å²) >= 11 is 12.3. The van der Waals surface area contributed by atoms with Crippen molar-refractivity contribution in [2.24, 2.45) is 5.92 Å². The quantitative estimate of drug-likeness (QED) is 0.833. The molecule has 1 aromatic carbocycles. The van der Waals surface area contributed by atoms with Crippen LogP contribution in [0.2, 0.25) is 10.0 Å². The number of hydrogen-bond donors (Lipinski definition) is 1. The number of hydrogen-bond acceptors (Lipinski definition) is 3. The molecule has 0 aliphatic carbocycles. The van der Waals surface area contributed by atoms with Crippen LogP contribution in [0.25, 0.3) is 0 Å². The highest BCUT2D eigenvalue weighted by atomic mass is 35.5. The lowest BCUT2D eigenvalue weighted by molar-refractivity contribution is 0.0697. The van der Waals surface area contributed by atoms with Crippen molar-refractivity contribution >= 4 is 40.6 Å². The Bertz CT molecular complexity index is 723. The first-order valence-corrected chi connectivity index (χ1v) is 8.76. The predicted octanol–water partition coefficient (Wildman–Crippen LogP) is 5.00. The SMILES string of the molecule is CC1CCN(C(=O)c2ccnc(Nc3c(Cl)cccc3Cl)c2)CC1. The number of amides is 1. The fourth-order valence-electron chi connectivity index (χ4n) is 2.77. The Balaban J connectivity index is 1.78. The fraction of sp³-hybridized carbons (Fsp3) is 0.333. The molecule has 6 heteroatoms. The summed E-state index contributed by atoms with van der Waals surface area (Å²) in [6.07, 6.45) is 3.72. The number of aromatic nitrogens is 1. The molecule has 0 atom stereocenters. The van der Waals surface area contributed by atoms with Crippen LogP contribution in [0.1, 0.15) is 30.1 Å². The minimum absolute atomic E-state index is 0.0394. The van der Waals surface area contributed by atoms with E-state index in [0.717, 1.165) is 25.9 Å². The number of nitrogens with one attached hydrogen (secondary N) is 1. The highest BCUT2D eigenvalue weighted by molar-refractivity contribution is 6.39. The Kier molecular flexibility index (Phi) is 5.27. The molecule has 3 rings (SSSR count). The van der Waals surface area contributed by atoms with Crippen molar-refractivity contribution in [2.45, 2.75) is 19.8 Å². The summed E-state index contributed by atoms with van der Waals surface area (Å²) in [5.74, 6) is 1.27. The third-order valence-electron chi connectivity index (χ3n) is 4.29. The molecule has 2 aromatic rings. The van der Waals surface area contributed by atoms with Gasteiger partial charge in [0.15, 0.2) is 0 Å². The number of anilines is 2. The minimum atomic E-state index is 0.0394. The molecule has 1 amide bonds. The van der Waals surface area contributed by atoms with Gasteiger partial charge in [-0.3, -0.25) is 4.79 Å². The molecule has 24 heavy (non-hydrogen) atoms. The van der Waals surface area contributed by atoms with E-state index in [4.69, 9.17) is 23.2 Å². The van der Waals surface area contributed by atoms with Gasteiger partial charge in [-0.15, -0.1) is 0 Å². The predicted molar refractivity (Wildman–Crippen MR) is 98.3 cm³/mol. The Morgan fingerprint density at radius 3 is 2.54 bits per heavy atom. The van der Waals surface area contributed by atoms with Gasteiger partial charge in [0.05, 0.1) is 15.7 Å². The van der Waals surface area contributed by atoms with E-state index in [1.54, 1.807) is 36.5 Å². The highest BCUT2D eigenvalue weighted by Crippen LogP contribution is 2.32. The third-order valence-corrected chi connectivity index (χ3v) is 4.92. The van der Waals surface area contributed by atoms with E-state index in [9.17, 15) is 4.79 Å². The van der Waals surface area contributed by atoms with Gasteiger partial charge in [-0.2, -0.15) is 0 Å². The van der Waals surface area contributed by atoms with Crippen LogP contribution in [-0.2, 0) is 0 Å². The monoisotopic (exact) mass is 363 g/mol. The fourth-order valence-corrected chi connectivity index (χ4v) is 3.26. The Hall–Kier alpha value is -1.78. The van der Waals surface area contributed by atoms with Gasteiger partial charge >= 0.3 is 0 Å². The summed E-state index contributed by atoms with van der Waals surface area (Å²) in [7, 11) is 0. The van der Waals surface area contributed by atoms with Gasteiger partial charge in [0.1, 0.15) is 5.82 Å². The number of benzene rings is 1. The number of carbonyl (C=O) groups excluding carboxylic acids is 1. The maximum absolute atomic E-state index is 12.7. The van der Waals surface area contributed by atoms with Crippen LogP contribution in [0.5, 0.6) is 0 Å². The zero-order valence-corrected chi connectivity index (χ0v) is 14.9. The first-order chi connectivity index (χ1) is 11.5. The van der Waals surface area contributed by atoms with E-state index in [1.165, 1.54) is 0 Å². The van der Waals surface area contributed by atoms with Gasteiger partial charge in [0, 0.05) is 24.8 Å². The molecule has 2 heterocycles. The highest BCUT2D eigenvalue weighted by Gasteiger charge is 2.21. The van der Waals surface area contributed by atoms with Crippen LogP contribution in [0.15, 0.2) is 36.5 Å². The lowest BCUT2D eigenvalue weighted by Crippen LogP contribution is -2.37. The smallest absolute Gasteiger partial charge is 0.254 e. The largest absolute Gasteiger partial charge is 0.339 e. The average Bonchev–Trinajstić information content (AvgIpc) is 2.59. The number of halogens is 2. The molecule has 126 valence electrons. The summed E-state index contributed by atoms with van der Waals surface area (Å²) in [4.78, 5) is 18.8. The number of rotatable bonds is 3. The van der Waals surface area contributed by atoms with Crippen molar-refractivity contribution < 1.29 is 4.79 Å². The van der Waals surface area contributed by atoms with E-state index < -0.39 is 0 Å². The summed E-state index contributed by atoms with van der Waals surface area (Å²) < 4.78 is 0. The number of carbonyl (C=O) groups is 1. The average molecular weight is 364 g/mol. The summed E-state index contributed by atoms with van der Waals surface area (Å²) in [6.45, 7) is 3.84. The Labute approximate surface area is 151 Å². The second-order valence-electron chi connectivity index (χ2n) is 6.13. The number of likely N-dealkylation sites (tertiary alicyclic amines) is 1. The summed E-state index contributed by atoms with van der Waals surface area (Å²) in [6, 6.07) is 8.75. The summed E-state index contributed by atoms with van der Waals surface area (Å²) in [5.41, 5.74) is 1.20. The minimum Gasteiger partial charge on any atom is -0.339 e. The molecule has 1 N–H and O–H groups in total. The Morgan fingerprint density at radius 1 is 1.21 bits per heavy atom. The van der Waals surface area contributed by atoms with Crippen molar-refractivity contribution in [3.05, 3.63) is 52.1 Å². The zero-order chi connectivity index (χ0) is 17.1. The topological polar surface area (TPSA) is 45.2 Å². The van der Waals surface area contributed by atoms with Crippen LogP contribution in [0, 0.1) is 5.92 Å². The molecule has 0 bridgehead atoms. The molecule has 0 radical (unpaired) electrons. The lowest BCUT2D eigenvalue weighted by Gasteiger charge is -2.30. The van der Waals surface area contributed by atoms with Crippen LogP contribution < -0.4 is 5.32 Å². The van der Waals surface area contributed by atoms with E-state index >= 15 is 0 Å². The molecule has 1 fully saturated rings. The molecular formula is C18H19Cl2N3O. The zero-order valence-electron chi connectivity index (χ0n) is 13.4. The maximum Gasteiger partial charge on any atom is 0.254 e. The van der Waals surface area contributed by atoms with Crippen LogP contribution in [-0.4, -0.2) is 28.9 Å². The molecule has 1 saturated heterocycles. The van der Waals surface area contributed by atoms with E-state index in [2.05, 4.69) is 17.2 Å². The number of para-hydroxylation sites is 1. The van der Waals surface area contributed by atoms with E-state index in [1.807, 2.05) is 4.90 Å². The van der Waals surface area contributed by atoms with Gasteiger partial charge in [-0.1, -0.05) is 36.2 Å². The van der Waals surface area contributed by atoms with Crippen molar-refractivity contribution in [3.63, 3.8) is 0 Å². The van der Waals surface area contributed by atoms with Crippen LogP contribution >= 0.6 is 23.2 Å². The Morgan fingerprint density at radius 2 is 1.88 bits per heavy atom. The number of pyridine rings is 1. The standard InChI is InChI=1S/C18H19Cl2N3O/c1-12-6-9-23(10-7-12)18(24)13-5-8-21-16(11-13)22-17-14(19)3-2-4-15(17)20/h2-5,8,11-12H,6-7,9-10H2,1H3,(H,21,22). The number of nitrogens with zero attached hydrogens (tertiary/aromatic N) is 2. The van der Waals surface area contributed by atoms with Gasteiger partial charge in [0.2, 0.25) is 0 Å². The molecule has 1 aromatic heterocycles. The van der Waals surface area contributed by atoms with Crippen molar-refractivity contribution in [1.29, 1.82) is 0 Å². The second kappa shape index (κ2) is 7.41. The normalized spacial score (nSPS) is 15.4. The van der Waals surface area contributed by atoms with Gasteiger partial charge < -0.3 is 10.2 Å². The van der Waals surface area contributed by atoms with Crippen LogP contribution in [0.3, 0.4) is 0 Å². The molecule has 1 aliphatic heterocycles. The lowest BCUT2D eigenvalue weighted by atomic mass is 9.99. The van der Waals surface area contributed by atoms with E-state index in [0.29, 0.717) is 33.0 Å². The van der Waals surface area contributed by atoms with Crippen molar-refractivity contribution in [2.75, 3.05) is 18.4 Å². The maximum atomic E-state index is 12.7. The first kappa shape index (κ1) is 17.1. The molecule has 4 nitrogen and oxygen atoms in total. The van der Waals surface area contributed by atoms with Gasteiger partial charge in [-0.05, 0) is 43.0 Å². The van der Waals surface area contributed by atoms with Crippen LogP contribution in [0.4, 0.5) is 11.5 Å². The molecule has 0 saturated carbocycles. The number of piperidine rings is 1. The van der Waals surface area contributed by atoms with Gasteiger partial charge in [-0.25, -0.2) is 4.98 Å².